The van der Waals surface area contributed by atoms with E-state index < -0.39 is 0 Å². The van der Waals surface area contributed by atoms with Crippen LogP contribution in [0.15, 0.2) is 48.5 Å². The van der Waals surface area contributed by atoms with Crippen molar-refractivity contribution in [1.82, 2.24) is 30.2 Å². The Balaban J connectivity index is 1.45. The average Bonchev–Trinajstić information content (AvgIpc) is 3.22. The lowest BCUT2D eigenvalue weighted by atomic mass is 10.3. The Morgan fingerprint density at radius 2 is 2.00 bits per heavy atom. The first kappa shape index (κ1) is 14.3. The summed E-state index contributed by atoms with van der Waals surface area (Å²) in [5.41, 5.74) is 2.32. The third kappa shape index (κ3) is 2.81. The number of halogens is 1. The van der Waals surface area contributed by atoms with Crippen molar-refractivity contribution >= 4 is 17.0 Å². The molecule has 0 atom stereocenters. The minimum Gasteiger partial charge on any atom is -0.352 e. The van der Waals surface area contributed by atoms with Crippen molar-refractivity contribution in [3.05, 3.63) is 60.2 Å². The van der Waals surface area contributed by atoms with E-state index in [0.717, 1.165) is 17.0 Å². The van der Waals surface area contributed by atoms with Gasteiger partial charge in [-0.05, 0) is 40.8 Å². The van der Waals surface area contributed by atoms with Gasteiger partial charge in [0.05, 0.1) is 16.7 Å². The molecule has 0 radical (unpaired) electrons. The zero-order valence-electron chi connectivity index (χ0n) is 12.6. The van der Waals surface area contributed by atoms with Crippen molar-refractivity contribution in [2.75, 3.05) is 11.9 Å². The lowest BCUT2D eigenvalue weighted by molar-refractivity contribution is 0.629. The van der Waals surface area contributed by atoms with Gasteiger partial charge in [0.1, 0.15) is 11.6 Å². The molecule has 0 aliphatic carbocycles. The molecule has 0 bridgehead atoms. The van der Waals surface area contributed by atoms with E-state index in [0.29, 0.717) is 24.4 Å². The summed E-state index contributed by atoms with van der Waals surface area (Å²) in [6, 6.07) is 14.1. The van der Waals surface area contributed by atoms with Crippen molar-refractivity contribution in [3.8, 4) is 5.69 Å². The molecule has 7 nitrogen and oxygen atoms in total. The van der Waals surface area contributed by atoms with E-state index in [2.05, 4.69) is 30.8 Å². The predicted octanol–water partition coefficient (Wildman–Crippen LogP) is 2.33. The molecule has 2 aromatic carbocycles. The van der Waals surface area contributed by atoms with Gasteiger partial charge in [-0.3, -0.25) is 0 Å². The molecule has 8 heteroatoms. The SMILES string of the molecule is Fc1ccc2nc(CCNc3nnnn3-c3ccccc3)[nH]c2c1. The highest BCUT2D eigenvalue weighted by Gasteiger charge is 2.08. The Kier molecular flexibility index (Phi) is 3.62. The van der Waals surface area contributed by atoms with Gasteiger partial charge in [0, 0.05) is 13.0 Å². The molecule has 2 N–H and O–H groups in total. The Labute approximate surface area is 136 Å². The maximum Gasteiger partial charge on any atom is 0.247 e. The zero-order chi connectivity index (χ0) is 16.4. The summed E-state index contributed by atoms with van der Waals surface area (Å²) in [5.74, 6) is 1.06. The van der Waals surface area contributed by atoms with Crippen molar-refractivity contribution in [2.45, 2.75) is 6.42 Å². The molecule has 120 valence electrons. The van der Waals surface area contributed by atoms with Crippen LogP contribution in [0.4, 0.5) is 10.3 Å². The quantitative estimate of drug-likeness (QED) is 0.589. The first-order valence-corrected chi connectivity index (χ1v) is 7.51. The van der Waals surface area contributed by atoms with Crippen molar-refractivity contribution in [3.63, 3.8) is 0 Å². The monoisotopic (exact) mass is 323 g/mol. The maximum atomic E-state index is 13.2. The Hall–Kier alpha value is -3.29. The van der Waals surface area contributed by atoms with Crippen LogP contribution in [0.2, 0.25) is 0 Å². The van der Waals surface area contributed by atoms with Crippen LogP contribution in [-0.2, 0) is 6.42 Å². The maximum absolute atomic E-state index is 13.2. The number of nitrogens with one attached hydrogen (secondary N) is 2. The minimum absolute atomic E-state index is 0.280. The largest absolute Gasteiger partial charge is 0.352 e. The third-order valence-corrected chi connectivity index (χ3v) is 3.61. The normalized spacial score (nSPS) is 11.0. The molecular formula is C16H14FN7. The topological polar surface area (TPSA) is 84.3 Å². The van der Waals surface area contributed by atoms with Gasteiger partial charge >= 0.3 is 0 Å². The molecule has 4 rings (SSSR count). The molecule has 0 aliphatic heterocycles. The molecule has 2 aromatic heterocycles. The van der Waals surface area contributed by atoms with Gasteiger partial charge in [0.25, 0.3) is 0 Å². The first-order valence-electron chi connectivity index (χ1n) is 7.51. The van der Waals surface area contributed by atoms with E-state index >= 15 is 0 Å². The summed E-state index contributed by atoms with van der Waals surface area (Å²) in [7, 11) is 0. The third-order valence-electron chi connectivity index (χ3n) is 3.61. The summed E-state index contributed by atoms with van der Waals surface area (Å²) in [4.78, 5) is 7.55. The predicted molar refractivity (Wildman–Crippen MR) is 87.4 cm³/mol. The highest BCUT2D eigenvalue weighted by molar-refractivity contribution is 5.74. The number of nitrogens with zero attached hydrogens (tertiary/aromatic N) is 5. The van der Waals surface area contributed by atoms with Crippen LogP contribution in [0.3, 0.4) is 0 Å². The smallest absolute Gasteiger partial charge is 0.247 e. The fourth-order valence-electron chi connectivity index (χ4n) is 2.49. The van der Waals surface area contributed by atoms with Crippen molar-refractivity contribution in [1.29, 1.82) is 0 Å². The number of rotatable bonds is 5. The van der Waals surface area contributed by atoms with E-state index in [1.807, 2.05) is 30.3 Å². The van der Waals surface area contributed by atoms with Crippen LogP contribution >= 0.6 is 0 Å². The number of hydrogen-bond acceptors (Lipinski definition) is 5. The molecule has 0 saturated heterocycles. The Morgan fingerprint density at radius 3 is 2.88 bits per heavy atom. The van der Waals surface area contributed by atoms with Crippen LogP contribution < -0.4 is 5.32 Å². The molecule has 0 aliphatic rings. The summed E-state index contributed by atoms with van der Waals surface area (Å²) < 4.78 is 14.8. The summed E-state index contributed by atoms with van der Waals surface area (Å²) in [6.45, 7) is 0.593. The summed E-state index contributed by atoms with van der Waals surface area (Å²) in [5, 5.41) is 14.9. The molecule has 2 heterocycles. The Morgan fingerprint density at radius 1 is 1.12 bits per heavy atom. The van der Waals surface area contributed by atoms with Crippen LogP contribution in [-0.4, -0.2) is 36.7 Å². The number of hydrogen-bond donors (Lipinski definition) is 2. The number of tetrazole rings is 1. The number of benzene rings is 2. The Bertz CT molecular complexity index is 961. The van der Waals surface area contributed by atoms with Crippen LogP contribution in [0.5, 0.6) is 0 Å². The van der Waals surface area contributed by atoms with Crippen molar-refractivity contribution in [2.24, 2.45) is 0 Å². The van der Waals surface area contributed by atoms with Gasteiger partial charge in [0.2, 0.25) is 5.95 Å². The summed E-state index contributed by atoms with van der Waals surface area (Å²) >= 11 is 0. The van der Waals surface area contributed by atoms with Gasteiger partial charge in [-0.15, -0.1) is 0 Å². The van der Waals surface area contributed by atoms with Crippen LogP contribution in [0.1, 0.15) is 5.82 Å². The van der Waals surface area contributed by atoms with Crippen LogP contribution in [0.25, 0.3) is 16.7 Å². The lowest BCUT2D eigenvalue weighted by Crippen LogP contribution is -2.11. The highest BCUT2D eigenvalue weighted by atomic mass is 19.1. The number of H-pyrrole nitrogens is 1. The summed E-state index contributed by atoms with van der Waals surface area (Å²) in [6.07, 6.45) is 0.637. The zero-order valence-corrected chi connectivity index (χ0v) is 12.6. The molecule has 0 unspecified atom stereocenters. The number of aromatic nitrogens is 6. The van der Waals surface area contributed by atoms with E-state index in [9.17, 15) is 4.39 Å². The first-order chi connectivity index (χ1) is 11.8. The van der Waals surface area contributed by atoms with E-state index in [1.165, 1.54) is 12.1 Å². The molecule has 4 aromatic rings. The lowest BCUT2D eigenvalue weighted by Gasteiger charge is -2.05. The van der Waals surface area contributed by atoms with Gasteiger partial charge < -0.3 is 10.3 Å². The van der Waals surface area contributed by atoms with Gasteiger partial charge in [-0.1, -0.05) is 23.3 Å². The average molecular weight is 323 g/mol. The fourth-order valence-corrected chi connectivity index (χ4v) is 2.49. The molecular weight excluding hydrogens is 309 g/mol. The van der Waals surface area contributed by atoms with Gasteiger partial charge in [-0.2, -0.15) is 4.68 Å². The second-order valence-electron chi connectivity index (χ2n) is 5.27. The molecule has 0 spiro atoms. The second-order valence-corrected chi connectivity index (χ2v) is 5.27. The number of aromatic amines is 1. The second kappa shape index (κ2) is 6.07. The van der Waals surface area contributed by atoms with E-state index in [1.54, 1.807) is 10.7 Å². The van der Waals surface area contributed by atoms with Crippen LogP contribution in [0, 0.1) is 5.82 Å². The van der Waals surface area contributed by atoms with E-state index in [-0.39, 0.29) is 5.82 Å². The molecule has 24 heavy (non-hydrogen) atoms. The number of imidazole rings is 1. The standard InChI is InChI=1S/C16H14FN7/c17-11-6-7-13-14(10-11)20-15(19-13)8-9-18-16-21-22-23-24(16)12-4-2-1-3-5-12/h1-7,10H,8-9H2,(H,19,20)(H,18,21,23). The van der Waals surface area contributed by atoms with E-state index in [4.69, 9.17) is 0 Å². The van der Waals surface area contributed by atoms with Gasteiger partial charge in [0.15, 0.2) is 0 Å². The van der Waals surface area contributed by atoms with Crippen molar-refractivity contribution < 1.29 is 4.39 Å². The number of anilines is 1. The molecule has 0 amide bonds. The molecule has 0 fully saturated rings. The van der Waals surface area contributed by atoms with Gasteiger partial charge in [-0.25, -0.2) is 9.37 Å². The number of fused-ring (bicyclic) bond motifs is 1. The number of para-hydroxylation sites is 1. The molecule has 0 saturated carbocycles. The fraction of sp³-hybridized carbons (Fsp3) is 0.125. The minimum atomic E-state index is -0.280. The highest BCUT2D eigenvalue weighted by Crippen LogP contribution is 2.14.